The van der Waals surface area contributed by atoms with Crippen molar-refractivity contribution >= 4 is 46.3 Å². The van der Waals surface area contributed by atoms with Crippen LogP contribution in [0.2, 0.25) is 10.0 Å². The Balaban J connectivity index is 1.93. The summed E-state index contributed by atoms with van der Waals surface area (Å²) in [5.41, 5.74) is 0.951. The van der Waals surface area contributed by atoms with Crippen molar-refractivity contribution in [2.45, 2.75) is 6.04 Å². The number of hydrogen-bond acceptors (Lipinski definition) is 4. The monoisotopic (exact) mass is 471 g/mol. The van der Waals surface area contributed by atoms with Gasteiger partial charge in [-0.05, 0) is 66.2 Å². The van der Waals surface area contributed by atoms with Crippen LogP contribution in [0.25, 0.3) is 5.76 Å². The molecule has 1 unspecified atom stereocenters. The normalized spacial score (nSPS) is 17.6. The number of nitrogens with zero attached hydrogens (tertiary/aromatic N) is 1. The van der Waals surface area contributed by atoms with Crippen molar-refractivity contribution in [2.75, 3.05) is 12.0 Å². The van der Waals surface area contributed by atoms with Gasteiger partial charge >= 0.3 is 0 Å². The third kappa shape index (κ3) is 3.83. The summed E-state index contributed by atoms with van der Waals surface area (Å²) in [6.45, 7) is 0. The van der Waals surface area contributed by atoms with Crippen LogP contribution in [0, 0.1) is 5.82 Å². The van der Waals surface area contributed by atoms with Crippen LogP contribution in [0.5, 0.6) is 5.75 Å². The Bertz CT molecular complexity index is 1240. The summed E-state index contributed by atoms with van der Waals surface area (Å²) in [7, 11) is 1.51. The molecule has 1 aliphatic rings. The second kappa shape index (κ2) is 8.65. The number of carbonyl (C=O) groups excluding carboxylic acids is 2. The number of carbonyl (C=O) groups is 2. The number of ketones is 1. The van der Waals surface area contributed by atoms with E-state index in [2.05, 4.69) is 0 Å². The molecule has 0 aromatic heterocycles. The van der Waals surface area contributed by atoms with Crippen LogP contribution in [0.4, 0.5) is 10.1 Å². The molecule has 0 radical (unpaired) electrons. The molecule has 162 valence electrons. The topological polar surface area (TPSA) is 66.8 Å². The minimum Gasteiger partial charge on any atom is -0.507 e. The summed E-state index contributed by atoms with van der Waals surface area (Å²) in [5.74, 6) is -2.02. The predicted molar refractivity (Wildman–Crippen MR) is 121 cm³/mol. The Kier molecular flexibility index (Phi) is 5.91. The zero-order valence-electron chi connectivity index (χ0n) is 16.7. The van der Waals surface area contributed by atoms with Gasteiger partial charge in [0.15, 0.2) is 0 Å². The van der Waals surface area contributed by atoms with Gasteiger partial charge in [0, 0.05) is 11.3 Å². The number of hydrogen-bond donors (Lipinski definition) is 1. The quantitative estimate of drug-likeness (QED) is 0.298. The number of halogens is 3. The van der Waals surface area contributed by atoms with Crippen molar-refractivity contribution < 1.29 is 23.8 Å². The highest BCUT2D eigenvalue weighted by molar-refractivity contribution is 6.51. The third-order valence-corrected chi connectivity index (χ3v) is 5.91. The van der Waals surface area contributed by atoms with E-state index in [9.17, 15) is 19.1 Å². The fraction of sp³-hybridized carbons (Fsp3) is 0.0833. The number of amides is 1. The maximum atomic E-state index is 13.5. The first-order chi connectivity index (χ1) is 15.3. The van der Waals surface area contributed by atoms with Crippen molar-refractivity contribution in [1.29, 1.82) is 0 Å². The number of rotatable bonds is 4. The molecule has 0 aliphatic carbocycles. The van der Waals surface area contributed by atoms with Gasteiger partial charge in [-0.25, -0.2) is 4.39 Å². The average Bonchev–Trinajstić information content (AvgIpc) is 3.06. The summed E-state index contributed by atoms with van der Waals surface area (Å²) in [4.78, 5) is 27.3. The first-order valence-electron chi connectivity index (χ1n) is 9.47. The molecule has 0 bridgehead atoms. The zero-order valence-corrected chi connectivity index (χ0v) is 18.2. The molecule has 1 aliphatic heterocycles. The smallest absolute Gasteiger partial charge is 0.300 e. The predicted octanol–water partition coefficient (Wildman–Crippen LogP) is 5.77. The van der Waals surface area contributed by atoms with Gasteiger partial charge in [0.25, 0.3) is 11.7 Å². The lowest BCUT2D eigenvalue weighted by atomic mass is 9.95. The Labute approximate surface area is 193 Å². The van der Waals surface area contributed by atoms with Gasteiger partial charge in [-0.2, -0.15) is 0 Å². The van der Waals surface area contributed by atoms with E-state index in [4.69, 9.17) is 27.9 Å². The summed E-state index contributed by atoms with van der Waals surface area (Å²) < 4.78 is 18.6. The molecule has 4 rings (SSSR count). The Morgan fingerprint density at radius 2 is 1.62 bits per heavy atom. The molecule has 1 N–H and O–H groups in total. The number of anilines is 1. The number of methoxy groups -OCH3 is 1. The van der Waals surface area contributed by atoms with Gasteiger partial charge in [0.2, 0.25) is 0 Å². The largest absolute Gasteiger partial charge is 0.507 e. The summed E-state index contributed by atoms with van der Waals surface area (Å²) in [5, 5.41) is 11.6. The molecule has 1 heterocycles. The van der Waals surface area contributed by atoms with Crippen LogP contribution >= 0.6 is 23.2 Å². The van der Waals surface area contributed by atoms with E-state index in [1.54, 1.807) is 30.3 Å². The molecule has 8 heteroatoms. The third-order valence-electron chi connectivity index (χ3n) is 5.17. The van der Waals surface area contributed by atoms with Gasteiger partial charge in [-0.3, -0.25) is 14.5 Å². The zero-order chi connectivity index (χ0) is 23.0. The van der Waals surface area contributed by atoms with E-state index in [1.807, 2.05) is 0 Å². The summed E-state index contributed by atoms with van der Waals surface area (Å²) in [6, 6.07) is 15.2. The second-order valence-electron chi connectivity index (χ2n) is 7.05. The molecule has 3 aromatic rings. The molecule has 1 saturated heterocycles. The fourth-order valence-electron chi connectivity index (χ4n) is 3.60. The minimum atomic E-state index is -1.00. The molecule has 0 saturated carbocycles. The molecule has 0 spiro atoms. The molecule has 1 fully saturated rings. The lowest BCUT2D eigenvalue weighted by Crippen LogP contribution is -2.29. The molecular formula is C24H16Cl2FNO4. The number of ether oxygens (including phenoxy) is 1. The summed E-state index contributed by atoms with van der Waals surface area (Å²) >= 11 is 12.2. The van der Waals surface area contributed by atoms with Crippen molar-refractivity contribution in [3.8, 4) is 5.75 Å². The number of aliphatic hydroxyl groups is 1. The van der Waals surface area contributed by atoms with Crippen molar-refractivity contribution in [3.05, 3.63) is 99.3 Å². The van der Waals surface area contributed by atoms with Gasteiger partial charge in [-0.15, -0.1) is 0 Å². The van der Waals surface area contributed by atoms with E-state index in [1.165, 1.54) is 48.4 Å². The van der Waals surface area contributed by atoms with E-state index in [0.29, 0.717) is 27.6 Å². The minimum absolute atomic E-state index is 0.122. The van der Waals surface area contributed by atoms with Crippen LogP contribution in [0.3, 0.4) is 0 Å². The maximum absolute atomic E-state index is 13.5. The Hall–Kier alpha value is -3.35. The number of benzene rings is 3. The lowest BCUT2D eigenvalue weighted by molar-refractivity contribution is -0.132. The molecule has 1 amide bonds. The molecule has 5 nitrogen and oxygen atoms in total. The maximum Gasteiger partial charge on any atom is 0.300 e. The lowest BCUT2D eigenvalue weighted by Gasteiger charge is -2.25. The van der Waals surface area contributed by atoms with Crippen molar-refractivity contribution in [3.63, 3.8) is 0 Å². The summed E-state index contributed by atoms with van der Waals surface area (Å²) in [6.07, 6.45) is 0. The number of aliphatic hydroxyl groups excluding tert-OH is 1. The first kappa shape index (κ1) is 21.9. The SMILES string of the molecule is COc1ccc(/C(O)=C2/C(=O)C(=O)N(c3ccc(F)cc3)C2c2ccc(Cl)c(Cl)c2)cc1. The highest BCUT2D eigenvalue weighted by Gasteiger charge is 2.47. The van der Waals surface area contributed by atoms with Gasteiger partial charge < -0.3 is 9.84 Å². The van der Waals surface area contributed by atoms with E-state index in [0.717, 1.165) is 0 Å². The molecule has 3 aromatic carbocycles. The van der Waals surface area contributed by atoms with Crippen molar-refractivity contribution in [2.24, 2.45) is 0 Å². The van der Waals surface area contributed by atoms with Crippen LogP contribution in [0.1, 0.15) is 17.2 Å². The highest BCUT2D eigenvalue weighted by atomic mass is 35.5. The number of Topliss-reactive ketones (excluding diaryl/α,β-unsaturated/α-hetero) is 1. The van der Waals surface area contributed by atoms with Gasteiger partial charge in [-0.1, -0.05) is 29.3 Å². The van der Waals surface area contributed by atoms with Gasteiger partial charge in [0.1, 0.15) is 17.3 Å². The first-order valence-corrected chi connectivity index (χ1v) is 10.2. The Morgan fingerprint density at radius 1 is 0.969 bits per heavy atom. The van der Waals surface area contributed by atoms with Crippen LogP contribution in [-0.4, -0.2) is 23.9 Å². The Morgan fingerprint density at radius 3 is 2.22 bits per heavy atom. The van der Waals surface area contributed by atoms with E-state index >= 15 is 0 Å². The van der Waals surface area contributed by atoms with Crippen LogP contribution < -0.4 is 9.64 Å². The highest BCUT2D eigenvalue weighted by Crippen LogP contribution is 2.43. The van der Waals surface area contributed by atoms with Crippen LogP contribution in [0.15, 0.2) is 72.3 Å². The average molecular weight is 472 g/mol. The molecular weight excluding hydrogens is 456 g/mol. The van der Waals surface area contributed by atoms with Gasteiger partial charge in [0.05, 0.1) is 28.8 Å². The second-order valence-corrected chi connectivity index (χ2v) is 7.86. The fourth-order valence-corrected chi connectivity index (χ4v) is 3.91. The molecule has 1 atom stereocenters. The standard InChI is InChI=1S/C24H16Cl2FNO4/c1-32-17-9-2-13(3-10-17)22(29)20-21(14-4-11-18(25)19(26)12-14)28(24(31)23(20)30)16-7-5-15(27)6-8-16/h2-12,21,29H,1H3/b22-20-. The van der Waals surface area contributed by atoms with Crippen molar-refractivity contribution in [1.82, 2.24) is 0 Å². The van der Waals surface area contributed by atoms with Crippen LogP contribution in [-0.2, 0) is 9.59 Å². The van der Waals surface area contributed by atoms with E-state index in [-0.39, 0.29) is 16.4 Å². The van der Waals surface area contributed by atoms with E-state index < -0.39 is 23.5 Å². The molecule has 32 heavy (non-hydrogen) atoms.